The lowest BCUT2D eigenvalue weighted by molar-refractivity contribution is -0.138. The van der Waals surface area contributed by atoms with E-state index in [1.54, 1.807) is 0 Å². The molecule has 0 aromatic rings. The zero-order chi connectivity index (χ0) is 10.9. The van der Waals surface area contributed by atoms with E-state index >= 15 is 0 Å². The van der Waals surface area contributed by atoms with E-state index in [0.717, 1.165) is 13.1 Å². The highest BCUT2D eigenvalue weighted by Gasteiger charge is 2.29. The molecule has 3 heteroatoms. The van der Waals surface area contributed by atoms with Crippen molar-refractivity contribution in [2.75, 3.05) is 20.1 Å². The first-order valence-electron chi connectivity index (χ1n) is 5.44. The van der Waals surface area contributed by atoms with Gasteiger partial charge in [-0.15, -0.1) is 0 Å². The molecule has 1 saturated heterocycles. The Hall–Kier alpha value is -0.570. The molecule has 2 atom stereocenters. The molecule has 0 aromatic carbocycles. The molecule has 0 aliphatic carbocycles. The number of likely N-dealkylation sites (N-methyl/N-ethyl adjacent to an activating group) is 1. The fraction of sp³-hybridized carbons (Fsp3) is 0.909. The minimum Gasteiger partial charge on any atom is -0.339 e. The van der Waals surface area contributed by atoms with Gasteiger partial charge in [0.2, 0.25) is 5.91 Å². The molecule has 0 unspecified atom stereocenters. The third-order valence-electron chi connectivity index (χ3n) is 3.17. The molecular weight excluding hydrogens is 176 g/mol. The van der Waals surface area contributed by atoms with Gasteiger partial charge in [-0.3, -0.25) is 9.69 Å². The minimum absolute atomic E-state index is 0.123. The Bertz CT molecular complexity index is 203. The fourth-order valence-electron chi connectivity index (χ4n) is 1.95. The molecule has 1 aliphatic rings. The van der Waals surface area contributed by atoms with Crippen molar-refractivity contribution >= 4 is 5.91 Å². The highest BCUT2D eigenvalue weighted by atomic mass is 16.2. The maximum Gasteiger partial charge on any atom is 0.225 e. The van der Waals surface area contributed by atoms with Crippen LogP contribution in [0.2, 0.25) is 0 Å². The van der Waals surface area contributed by atoms with Crippen LogP contribution in [0.5, 0.6) is 0 Å². The second-order valence-corrected chi connectivity index (χ2v) is 4.76. The van der Waals surface area contributed by atoms with E-state index in [-0.39, 0.29) is 11.8 Å². The molecule has 1 fully saturated rings. The number of nitrogens with zero attached hydrogens (tertiary/aromatic N) is 2. The molecule has 0 radical (unpaired) electrons. The number of rotatable bonds is 1. The normalized spacial score (nSPS) is 29.7. The fourth-order valence-corrected chi connectivity index (χ4v) is 1.95. The van der Waals surface area contributed by atoms with Crippen LogP contribution in [0.1, 0.15) is 27.7 Å². The maximum absolute atomic E-state index is 11.8. The Morgan fingerprint density at radius 1 is 1.21 bits per heavy atom. The molecule has 1 amide bonds. The standard InChI is InChI=1S/C11H22N2O/c1-8(2)11(14)13-6-9(3)12(5)10(4)7-13/h8-10H,6-7H2,1-5H3/t9-,10-/m0/s1. The Kier molecular flexibility index (Phi) is 3.53. The first kappa shape index (κ1) is 11.5. The zero-order valence-electron chi connectivity index (χ0n) is 9.95. The van der Waals surface area contributed by atoms with Crippen LogP contribution in [0, 0.1) is 5.92 Å². The summed E-state index contributed by atoms with van der Waals surface area (Å²) in [6, 6.07) is 0.947. The summed E-state index contributed by atoms with van der Waals surface area (Å²) < 4.78 is 0. The average Bonchev–Trinajstić information content (AvgIpc) is 2.12. The average molecular weight is 198 g/mol. The third kappa shape index (κ3) is 2.27. The molecule has 3 nitrogen and oxygen atoms in total. The van der Waals surface area contributed by atoms with Crippen LogP contribution >= 0.6 is 0 Å². The Balaban J connectivity index is 2.62. The first-order valence-corrected chi connectivity index (χ1v) is 5.44. The van der Waals surface area contributed by atoms with E-state index in [4.69, 9.17) is 0 Å². The van der Waals surface area contributed by atoms with Gasteiger partial charge in [-0.25, -0.2) is 0 Å². The highest BCUT2D eigenvalue weighted by molar-refractivity contribution is 5.78. The summed E-state index contributed by atoms with van der Waals surface area (Å²) in [5.74, 6) is 0.412. The number of amides is 1. The predicted molar refractivity (Wildman–Crippen MR) is 58.1 cm³/mol. The first-order chi connectivity index (χ1) is 6.43. The Morgan fingerprint density at radius 3 is 2.00 bits per heavy atom. The van der Waals surface area contributed by atoms with Crippen molar-refractivity contribution in [1.29, 1.82) is 0 Å². The smallest absolute Gasteiger partial charge is 0.225 e. The van der Waals surface area contributed by atoms with Crippen LogP contribution < -0.4 is 0 Å². The largest absolute Gasteiger partial charge is 0.339 e. The lowest BCUT2D eigenvalue weighted by Gasteiger charge is -2.43. The van der Waals surface area contributed by atoms with Gasteiger partial charge in [0.05, 0.1) is 0 Å². The summed E-state index contributed by atoms with van der Waals surface area (Å²) in [5, 5.41) is 0. The summed E-state index contributed by atoms with van der Waals surface area (Å²) >= 11 is 0. The van der Waals surface area contributed by atoms with Gasteiger partial charge in [0.15, 0.2) is 0 Å². The lowest BCUT2D eigenvalue weighted by Crippen LogP contribution is -2.57. The molecule has 0 saturated carbocycles. The van der Waals surface area contributed by atoms with Gasteiger partial charge in [-0.2, -0.15) is 0 Å². The van der Waals surface area contributed by atoms with E-state index in [0.29, 0.717) is 12.1 Å². The van der Waals surface area contributed by atoms with Crippen molar-refractivity contribution in [2.24, 2.45) is 5.92 Å². The summed E-state index contributed by atoms with van der Waals surface area (Å²) in [4.78, 5) is 16.1. The van der Waals surface area contributed by atoms with E-state index in [9.17, 15) is 4.79 Å². The van der Waals surface area contributed by atoms with Crippen molar-refractivity contribution in [3.05, 3.63) is 0 Å². The quantitative estimate of drug-likeness (QED) is 0.632. The second-order valence-electron chi connectivity index (χ2n) is 4.76. The number of carbonyl (C=O) groups is 1. The van der Waals surface area contributed by atoms with E-state index in [1.807, 2.05) is 18.7 Å². The number of hydrogen-bond donors (Lipinski definition) is 0. The van der Waals surface area contributed by atoms with Crippen LogP contribution in [0.25, 0.3) is 0 Å². The Labute approximate surface area is 87.1 Å². The van der Waals surface area contributed by atoms with Crippen molar-refractivity contribution < 1.29 is 4.79 Å². The monoisotopic (exact) mass is 198 g/mol. The predicted octanol–water partition coefficient (Wildman–Crippen LogP) is 1.19. The van der Waals surface area contributed by atoms with Crippen molar-refractivity contribution in [3.63, 3.8) is 0 Å². The third-order valence-corrected chi connectivity index (χ3v) is 3.17. The van der Waals surface area contributed by atoms with E-state index in [1.165, 1.54) is 0 Å². The molecule has 0 bridgehead atoms. The molecule has 14 heavy (non-hydrogen) atoms. The van der Waals surface area contributed by atoms with Crippen LogP contribution in [0.4, 0.5) is 0 Å². The summed E-state index contributed by atoms with van der Waals surface area (Å²) in [6.07, 6.45) is 0. The topological polar surface area (TPSA) is 23.6 Å². The van der Waals surface area contributed by atoms with Crippen LogP contribution in [-0.2, 0) is 4.79 Å². The van der Waals surface area contributed by atoms with Crippen LogP contribution in [0.3, 0.4) is 0 Å². The number of piperazine rings is 1. The second kappa shape index (κ2) is 4.30. The summed E-state index contributed by atoms with van der Waals surface area (Å²) in [6.45, 7) is 10.0. The zero-order valence-corrected chi connectivity index (χ0v) is 9.95. The molecule has 82 valence electrons. The van der Waals surface area contributed by atoms with Crippen LogP contribution in [-0.4, -0.2) is 47.9 Å². The molecule has 1 aliphatic heterocycles. The van der Waals surface area contributed by atoms with Gasteiger partial charge in [-0.1, -0.05) is 13.8 Å². The van der Waals surface area contributed by atoms with E-state index in [2.05, 4.69) is 25.8 Å². The van der Waals surface area contributed by atoms with Crippen molar-refractivity contribution in [3.8, 4) is 0 Å². The minimum atomic E-state index is 0.123. The van der Waals surface area contributed by atoms with Gasteiger partial charge in [0, 0.05) is 31.1 Å². The number of carbonyl (C=O) groups excluding carboxylic acids is 1. The van der Waals surface area contributed by atoms with Gasteiger partial charge in [0.1, 0.15) is 0 Å². The molecular formula is C11H22N2O. The Morgan fingerprint density at radius 2 is 1.64 bits per heavy atom. The summed E-state index contributed by atoms with van der Waals surface area (Å²) in [7, 11) is 2.13. The van der Waals surface area contributed by atoms with Gasteiger partial charge in [0.25, 0.3) is 0 Å². The number of hydrogen-bond acceptors (Lipinski definition) is 2. The molecule has 0 N–H and O–H groups in total. The van der Waals surface area contributed by atoms with Gasteiger partial charge < -0.3 is 4.90 Å². The van der Waals surface area contributed by atoms with Gasteiger partial charge in [-0.05, 0) is 20.9 Å². The molecule has 0 spiro atoms. The van der Waals surface area contributed by atoms with Crippen molar-refractivity contribution in [2.45, 2.75) is 39.8 Å². The molecule has 1 heterocycles. The van der Waals surface area contributed by atoms with E-state index < -0.39 is 0 Å². The van der Waals surface area contributed by atoms with Crippen molar-refractivity contribution in [1.82, 2.24) is 9.80 Å². The molecule has 1 rings (SSSR count). The molecule has 0 aromatic heterocycles. The summed E-state index contributed by atoms with van der Waals surface area (Å²) in [5.41, 5.74) is 0. The van der Waals surface area contributed by atoms with Crippen LogP contribution in [0.15, 0.2) is 0 Å². The maximum atomic E-state index is 11.8. The lowest BCUT2D eigenvalue weighted by atomic mass is 10.1. The highest BCUT2D eigenvalue weighted by Crippen LogP contribution is 2.15. The van der Waals surface area contributed by atoms with Gasteiger partial charge >= 0.3 is 0 Å². The SMILES string of the molecule is CC(C)C(=O)N1C[C@H](C)N(C)[C@@H](C)C1.